The molecule has 4 nitrogen and oxygen atoms in total. The SMILES string of the molecule is CCCCCCNCC(=O)OC(=O)CC. The van der Waals surface area contributed by atoms with Gasteiger partial charge in [-0.25, -0.2) is 0 Å². The predicted molar refractivity (Wildman–Crippen MR) is 58.4 cm³/mol. The fourth-order valence-corrected chi connectivity index (χ4v) is 1.10. The van der Waals surface area contributed by atoms with Crippen molar-refractivity contribution < 1.29 is 14.3 Å². The fraction of sp³-hybridized carbons (Fsp3) is 0.818. The number of ether oxygens (including phenoxy) is 1. The van der Waals surface area contributed by atoms with Crippen LogP contribution in [-0.4, -0.2) is 25.0 Å². The van der Waals surface area contributed by atoms with Gasteiger partial charge in [0.05, 0.1) is 6.54 Å². The molecule has 15 heavy (non-hydrogen) atoms. The van der Waals surface area contributed by atoms with Gasteiger partial charge in [0.15, 0.2) is 0 Å². The Morgan fingerprint density at radius 2 is 1.80 bits per heavy atom. The van der Waals surface area contributed by atoms with E-state index in [1.807, 2.05) is 0 Å². The Bertz CT molecular complexity index is 192. The van der Waals surface area contributed by atoms with E-state index in [-0.39, 0.29) is 13.0 Å². The largest absolute Gasteiger partial charge is 0.392 e. The van der Waals surface area contributed by atoms with E-state index in [0.29, 0.717) is 0 Å². The van der Waals surface area contributed by atoms with E-state index < -0.39 is 11.9 Å². The van der Waals surface area contributed by atoms with Gasteiger partial charge in [0.2, 0.25) is 0 Å². The van der Waals surface area contributed by atoms with Crippen LogP contribution in [0.1, 0.15) is 46.0 Å². The predicted octanol–water partition coefficient (Wildman–Crippen LogP) is 1.64. The van der Waals surface area contributed by atoms with Crippen LogP contribution in [0.2, 0.25) is 0 Å². The Kier molecular flexibility index (Phi) is 9.07. The first-order valence-electron chi connectivity index (χ1n) is 5.64. The molecule has 0 unspecified atom stereocenters. The van der Waals surface area contributed by atoms with Crippen molar-refractivity contribution in [3.05, 3.63) is 0 Å². The van der Waals surface area contributed by atoms with Crippen molar-refractivity contribution in [3.63, 3.8) is 0 Å². The topological polar surface area (TPSA) is 55.4 Å². The van der Waals surface area contributed by atoms with Crippen molar-refractivity contribution >= 4 is 11.9 Å². The van der Waals surface area contributed by atoms with E-state index in [9.17, 15) is 9.59 Å². The molecule has 88 valence electrons. The minimum Gasteiger partial charge on any atom is -0.392 e. The molecule has 0 aliphatic heterocycles. The first kappa shape index (κ1) is 14.1. The Morgan fingerprint density at radius 1 is 1.07 bits per heavy atom. The van der Waals surface area contributed by atoms with Crippen LogP contribution in [-0.2, 0) is 14.3 Å². The summed E-state index contributed by atoms with van der Waals surface area (Å²) in [6.45, 7) is 4.74. The number of unbranched alkanes of at least 4 members (excludes halogenated alkanes) is 3. The number of hydrogen-bond donors (Lipinski definition) is 1. The molecule has 0 atom stereocenters. The van der Waals surface area contributed by atoms with Gasteiger partial charge >= 0.3 is 11.9 Å². The molecular formula is C11H21NO3. The van der Waals surface area contributed by atoms with Gasteiger partial charge in [-0.2, -0.15) is 0 Å². The van der Waals surface area contributed by atoms with Gasteiger partial charge in [0, 0.05) is 6.42 Å². The first-order chi connectivity index (χ1) is 7.20. The standard InChI is InChI=1S/C11H21NO3/c1-3-5-6-7-8-12-9-11(14)15-10(13)4-2/h12H,3-9H2,1-2H3. The first-order valence-corrected chi connectivity index (χ1v) is 5.64. The van der Waals surface area contributed by atoms with Gasteiger partial charge in [-0.05, 0) is 13.0 Å². The van der Waals surface area contributed by atoms with E-state index in [1.54, 1.807) is 6.92 Å². The summed E-state index contributed by atoms with van der Waals surface area (Å²) in [7, 11) is 0. The van der Waals surface area contributed by atoms with Crippen LogP contribution in [0.3, 0.4) is 0 Å². The Morgan fingerprint density at radius 3 is 2.40 bits per heavy atom. The molecule has 0 spiro atoms. The van der Waals surface area contributed by atoms with Gasteiger partial charge < -0.3 is 10.1 Å². The molecule has 0 aromatic carbocycles. The molecule has 0 radical (unpaired) electrons. The number of esters is 2. The molecule has 0 aromatic heterocycles. The lowest BCUT2D eigenvalue weighted by Gasteiger charge is -2.03. The van der Waals surface area contributed by atoms with E-state index >= 15 is 0 Å². The lowest BCUT2D eigenvalue weighted by atomic mass is 10.2. The molecule has 0 heterocycles. The molecule has 0 bridgehead atoms. The van der Waals surface area contributed by atoms with E-state index in [2.05, 4.69) is 17.0 Å². The summed E-state index contributed by atoms with van der Waals surface area (Å²) < 4.78 is 4.49. The molecule has 0 fully saturated rings. The molecule has 0 rings (SSSR count). The lowest BCUT2D eigenvalue weighted by Crippen LogP contribution is -2.27. The zero-order valence-corrected chi connectivity index (χ0v) is 9.67. The smallest absolute Gasteiger partial charge is 0.327 e. The maximum atomic E-state index is 11.0. The van der Waals surface area contributed by atoms with Gasteiger partial charge in [-0.3, -0.25) is 9.59 Å². The maximum Gasteiger partial charge on any atom is 0.327 e. The third-order valence-electron chi connectivity index (χ3n) is 1.99. The summed E-state index contributed by atoms with van der Waals surface area (Å²) in [4.78, 5) is 21.7. The molecule has 0 saturated heterocycles. The quantitative estimate of drug-likeness (QED) is 0.380. The van der Waals surface area contributed by atoms with Crippen LogP contribution in [0.25, 0.3) is 0 Å². The Hall–Kier alpha value is -0.900. The highest BCUT2D eigenvalue weighted by Gasteiger charge is 2.06. The normalized spacial score (nSPS) is 10.0. The summed E-state index contributed by atoms with van der Waals surface area (Å²) in [5.74, 6) is -0.954. The van der Waals surface area contributed by atoms with Crippen LogP contribution in [0, 0.1) is 0 Å². The average molecular weight is 215 g/mol. The summed E-state index contributed by atoms with van der Waals surface area (Å²) in [5.41, 5.74) is 0. The van der Waals surface area contributed by atoms with Crippen LogP contribution in [0.5, 0.6) is 0 Å². The second kappa shape index (κ2) is 9.65. The minimum absolute atomic E-state index is 0.123. The van der Waals surface area contributed by atoms with E-state index in [0.717, 1.165) is 13.0 Å². The minimum atomic E-state index is -0.489. The van der Waals surface area contributed by atoms with Crippen LogP contribution in [0.4, 0.5) is 0 Å². The third-order valence-corrected chi connectivity index (χ3v) is 1.99. The van der Waals surface area contributed by atoms with Crippen molar-refractivity contribution in [1.82, 2.24) is 5.32 Å². The van der Waals surface area contributed by atoms with Gasteiger partial charge in [-0.15, -0.1) is 0 Å². The maximum absolute atomic E-state index is 11.0. The van der Waals surface area contributed by atoms with Crippen molar-refractivity contribution in [2.45, 2.75) is 46.0 Å². The number of nitrogens with one attached hydrogen (secondary N) is 1. The molecule has 1 N–H and O–H groups in total. The van der Waals surface area contributed by atoms with Crippen LogP contribution in [0.15, 0.2) is 0 Å². The zero-order chi connectivity index (χ0) is 11.5. The molecule has 0 aliphatic rings. The van der Waals surface area contributed by atoms with Gasteiger partial charge in [-0.1, -0.05) is 33.1 Å². The molecular weight excluding hydrogens is 194 g/mol. The summed E-state index contributed by atoms with van der Waals surface area (Å²) in [6, 6.07) is 0. The summed E-state index contributed by atoms with van der Waals surface area (Å²) >= 11 is 0. The Balaban J connectivity index is 3.28. The highest BCUT2D eigenvalue weighted by molar-refractivity contribution is 5.86. The van der Waals surface area contributed by atoms with Crippen molar-refractivity contribution in [3.8, 4) is 0 Å². The third kappa shape index (κ3) is 9.41. The molecule has 4 heteroatoms. The fourth-order valence-electron chi connectivity index (χ4n) is 1.10. The number of carbonyl (C=O) groups is 2. The Labute approximate surface area is 91.4 Å². The van der Waals surface area contributed by atoms with Gasteiger partial charge in [0.25, 0.3) is 0 Å². The highest BCUT2D eigenvalue weighted by Crippen LogP contribution is 1.96. The second-order valence-electron chi connectivity index (χ2n) is 3.44. The van der Waals surface area contributed by atoms with Crippen molar-refractivity contribution in [2.75, 3.05) is 13.1 Å². The lowest BCUT2D eigenvalue weighted by molar-refractivity contribution is -0.158. The number of carbonyl (C=O) groups excluding carboxylic acids is 2. The molecule has 0 saturated carbocycles. The second-order valence-corrected chi connectivity index (χ2v) is 3.44. The zero-order valence-electron chi connectivity index (χ0n) is 9.67. The molecule has 0 aromatic rings. The monoisotopic (exact) mass is 215 g/mol. The van der Waals surface area contributed by atoms with Gasteiger partial charge in [0.1, 0.15) is 0 Å². The van der Waals surface area contributed by atoms with E-state index in [1.165, 1.54) is 19.3 Å². The van der Waals surface area contributed by atoms with Crippen LogP contribution < -0.4 is 5.32 Å². The number of hydrogen-bond acceptors (Lipinski definition) is 4. The molecule has 0 amide bonds. The average Bonchev–Trinajstić information content (AvgIpc) is 2.23. The molecule has 0 aliphatic carbocycles. The summed E-state index contributed by atoms with van der Waals surface area (Å²) in [6.07, 6.45) is 4.89. The highest BCUT2D eigenvalue weighted by atomic mass is 16.6. The number of rotatable bonds is 8. The van der Waals surface area contributed by atoms with Crippen LogP contribution >= 0.6 is 0 Å². The summed E-state index contributed by atoms with van der Waals surface area (Å²) in [5, 5.41) is 2.95. The van der Waals surface area contributed by atoms with E-state index in [4.69, 9.17) is 0 Å². The van der Waals surface area contributed by atoms with Crippen molar-refractivity contribution in [2.24, 2.45) is 0 Å². The van der Waals surface area contributed by atoms with Crippen molar-refractivity contribution in [1.29, 1.82) is 0 Å².